The number of amides is 1. The zero-order valence-corrected chi connectivity index (χ0v) is 25.7. The van der Waals surface area contributed by atoms with Crippen LogP contribution in [0.25, 0.3) is 10.9 Å². The van der Waals surface area contributed by atoms with Crippen LogP contribution >= 0.6 is 0 Å². The molecular weight excluding hydrogens is 602 g/mol. The summed E-state index contributed by atoms with van der Waals surface area (Å²) in [6, 6.07) is -0.250. The van der Waals surface area contributed by atoms with E-state index in [9.17, 15) is 32.7 Å². The fourth-order valence-corrected chi connectivity index (χ4v) is 5.76. The van der Waals surface area contributed by atoms with E-state index < -0.39 is 65.3 Å². The third-order valence-electron chi connectivity index (χ3n) is 8.26. The molecule has 2 saturated heterocycles. The summed E-state index contributed by atoms with van der Waals surface area (Å²) in [6.07, 6.45) is -0.430. The molecule has 250 valence electrons. The number of halogens is 4. The second-order valence-electron chi connectivity index (χ2n) is 12.7. The molecule has 15 heteroatoms. The van der Waals surface area contributed by atoms with Gasteiger partial charge < -0.3 is 40.4 Å². The van der Waals surface area contributed by atoms with E-state index in [0.717, 1.165) is 18.8 Å². The monoisotopic (exact) mass is 643 g/mol. The standard InChI is InChI=1S/C19H20F3N3O4.C11H21FN2O2/c1-29-18-15-9(2-12(22)16(18)24-5-8(4-20)13(23)7-24)17(26)10(19(27)28)6-25(15)14-3-11(14)21;1-11(2,3)16-10(15)14-7-9-6-13-5-8(9)4-12/h2,6,8,11,13-14H,3-5,7,23H2,1H3,(H,27,28);8-9,13H,4-7H2,1-3H3,(H,14,15)/t8-,11-,13+,14+;8-,9-/m00/s1. The molecule has 1 saturated carbocycles. The van der Waals surface area contributed by atoms with Gasteiger partial charge in [0.1, 0.15) is 23.0 Å². The van der Waals surface area contributed by atoms with Crippen molar-refractivity contribution in [2.75, 3.05) is 58.1 Å². The van der Waals surface area contributed by atoms with E-state index in [0.29, 0.717) is 13.1 Å². The van der Waals surface area contributed by atoms with Gasteiger partial charge in [0.2, 0.25) is 5.43 Å². The number of carboxylic acids is 1. The number of anilines is 1. The van der Waals surface area contributed by atoms with Crippen molar-refractivity contribution in [3.05, 3.63) is 33.9 Å². The smallest absolute Gasteiger partial charge is 0.407 e. The molecule has 11 nitrogen and oxygen atoms in total. The van der Waals surface area contributed by atoms with E-state index in [1.165, 1.54) is 11.7 Å². The molecule has 1 aromatic carbocycles. The predicted octanol–water partition coefficient (Wildman–Crippen LogP) is 3.18. The summed E-state index contributed by atoms with van der Waals surface area (Å²) in [4.78, 5) is 37.0. The second-order valence-corrected chi connectivity index (χ2v) is 12.7. The molecule has 3 fully saturated rings. The van der Waals surface area contributed by atoms with Crippen LogP contribution in [-0.2, 0) is 4.74 Å². The number of benzene rings is 1. The molecule has 6 atom stereocenters. The summed E-state index contributed by atoms with van der Waals surface area (Å²) in [5.74, 6) is -2.64. The lowest BCUT2D eigenvalue weighted by Crippen LogP contribution is -2.37. The molecule has 5 N–H and O–H groups in total. The van der Waals surface area contributed by atoms with Gasteiger partial charge in [-0.05, 0) is 32.8 Å². The highest BCUT2D eigenvalue weighted by molar-refractivity contribution is 5.97. The number of pyridine rings is 1. The molecule has 3 heterocycles. The average molecular weight is 644 g/mol. The lowest BCUT2D eigenvalue weighted by Gasteiger charge is -2.24. The number of hydrogen-bond donors (Lipinski definition) is 4. The number of nitrogens with one attached hydrogen (secondary N) is 2. The number of alkyl carbamates (subject to hydrolysis) is 1. The number of alkyl halides is 3. The Morgan fingerprint density at radius 2 is 1.80 bits per heavy atom. The topological polar surface area (TPSA) is 148 Å². The highest BCUT2D eigenvalue weighted by atomic mass is 19.1. The maximum Gasteiger partial charge on any atom is 0.407 e. The Labute approximate surface area is 258 Å². The van der Waals surface area contributed by atoms with Crippen molar-refractivity contribution in [2.45, 2.75) is 51.0 Å². The Bertz CT molecular complexity index is 1470. The van der Waals surface area contributed by atoms with Crippen molar-refractivity contribution in [1.29, 1.82) is 0 Å². The van der Waals surface area contributed by atoms with Crippen molar-refractivity contribution in [1.82, 2.24) is 15.2 Å². The van der Waals surface area contributed by atoms with E-state index in [2.05, 4.69) is 10.6 Å². The fourth-order valence-electron chi connectivity index (χ4n) is 5.76. The largest absolute Gasteiger partial charge is 0.492 e. The van der Waals surface area contributed by atoms with E-state index in [4.69, 9.17) is 15.2 Å². The minimum atomic E-state index is -1.48. The number of carboxylic acid groups (broad SMARTS) is 1. The lowest BCUT2D eigenvalue weighted by atomic mass is 9.98. The van der Waals surface area contributed by atoms with E-state index in [1.54, 1.807) is 4.90 Å². The molecule has 0 radical (unpaired) electrons. The molecule has 0 bridgehead atoms. The summed E-state index contributed by atoms with van der Waals surface area (Å²) < 4.78 is 66.6. The van der Waals surface area contributed by atoms with Gasteiger partial charge in [0, 0.05) is 63.2 Å². The molecule has 3 aliphatic rings. The molecule has 1 aromatic heterocycles. The van der Waals surface area contributed by atoms with E-state index >= 15 is 4.39 Å². The lowest BCUT2D eigenvalue weighted by molar-refractivity contribution is 0.0515. The van der Waals surface area contributed by atoms with E-state index in [-0.39, 0.29) is 60.4 Å². The van der Waals surface area contributed by atoms with Crippen LogP contribution < -0.4 is 31.4 Å². The number of methoxy groups -OCH3 is 1. The fraction of sp³-hybridized carbons (Fsp3) is 0.633. The van der Waals surface area contributed by atoms with Crippen LogP contribution in [0.3, 0.4) is 0 Å². The molecule has 2 aliphatic heterocycles. The van der Waals surface area contributed by atoms with Crippen LogP contribution in [0.2, 0.25) is 0 Å². The Balaban J connectivity index is 0.000000245. The van der Waals surface area contributed by atoms with Gasteiger partial charge >= 0.3 is 12.1 Å². The van der Waals surface area contributed by atoms with Crippen LogP contribution in [-0.4, -0.2) is 92.7 Å². The zero-order valence-electron chi connectivity index (χ0n) is 25.7. The highest BCUT2D eigenvalue weighted by Gasteiger charge is 2.42. The summed E-state index contributed by atoms with van der Waals surface area (Å²) in [5.41, 5.74) is 4.10. The number of rotatable bonds is 8. The first-order valence-electron chi connectivity index (χ1n) is 14.8. The summed E-state index contributed by atoms with van der Waals surface area (Å²) >= 11 is 0. The highest BCUT2D eigenvalue weighted by Crippen LogP contribution is 2.46. The number of fused-ring (bicyclic) bond motifs is 1. The van der Waals surface area contributed by atoms with Gasteiger partial charge in [-0.2, -0.15) is 0 Å². The molecule has 45 heavy (non-hydrogen) atoms. The minimum absolute atomic E-state index is 0.00122. The number of hydrogen-bond acceptors (Lipinski definition) is 8. The third kappa shape index (κ3) is 7.63. The average Bonchev–Trinajstić information content (AvgIpc) is 3.34. The number of carbonyl (C=O) groups excluding carboxylic acids is 1. The summed E-state index contributed by atoms with van der Waals surface area (Å²) in [6.45, 7) is 6.69. The Morgan fingerprint density at radius 1 is 1.16 bits per heavy atom. The summed E-state index contributed by atoms with van der Waals surface area (Å²) in [5, 5.41) is 14.9. The molecule has 5 rings (SSSR count). The number of aromatic nitrogens is 1. The molecule has 0 spiro atoms. The van der Waals surface area contributed by atoms with Gasteiger partial charge in [-0.25, -0.2) is 18.4 Å². The number of nitrogens with two attached hydrogens (primary N) is 1. The van der Waals surface area contributed by atoms with Gasteiger partial charge in [0.05, 0.1) is 37.4 Å². The van der Waals surface area contributed by atoms with Gasteiger partial charge in [-0.1, -0.05) is 0 Å². The van der Waals surface area contributed by atoms with Crippen LogP contribution in [0.15, 0.2) is 17.1 Å². The van der Waals surface area contributed by atoms with Crippen molar-refractivity contribution < 1.29 is 41.7 Å². The molecular formula is C30H41F4N5O6. The number of aromatic carboxylic acids is 1. The van der Waals surface area contributed by atoms with Crippen molar-refractivity contribution >= 4 is 28.7 Å². The summed E-state index contributed by atoms with van der Waals surface area (Å²) in [7, 11) is 1.28. The second kappa shape index (κ2) is 13.8. The van der Waals surface area contributed by atoms with Gasteiger partial charge in [-0.3, -0.25) is 13.6 Å². The maximum atomic E-state index is 15.1. The van der Waals surface area contributed by atoms with Crippen LogP contribution in [0.4, 0.5) is 28.0 Å². The Hall–Kier alpha value is -3.59. The quantitative estimate of drug-likeness (QED) is 0.319. The van der Waals surface area contributed by atoms with Crippen LogP contribution in [0, 0.1) is 23.6 Å². The van der Waals surface area contributed by atoms with Gasteiger partial charge in [0.25, 0.3) is 0 Å². The Kier molecular flexibility index (Phi) is 10.5. The molecule has 1 amide bonds. The Morgan fingerprint density at radius 3 is 2.33 bits per heavy atom. The number of ether oxygens (including phenoxy) is 2. The van der Waals surface area contributed by atoms with Crippen molar-refractivity contribution in [3.8, 4) is 5.75 Å². The van der Waals surface area contributed by atoms with Crippen molar-refractivity contribution in [2.24, 2.45) is 23.5 Å². The first-order valence-corrected chi connectivity index (χ1v) is 14.8. The maximum absolute atomic E-state index is 15.1. The SMILES string of the molecule is CC(C)(C)OC(=O)NC[C@@H]1CNC[C@@H]1CF.COc1c(N2C[C@H](CF)[C@H](N)C2)c(F)cc2c(=O)c(C(=O)O)cn([C@@H]3C[C@@H]3F)c12. The third-order valence-corrected chi connectivity index (χ3v) is 8.26. The number of nitrogens with zero attached hydrogens (tertiary/aromatic N) is 2. The minimum Gasteiger partial charge on any atom is -0.492 e. The molecule has 1 aliphatic carbocycles. The van der Waals surface area contributed by atoms with Gasteiger partial charge in [0.15, 0.2) is 11.6 Å². The first-order chi connectivity index (χ1) is 21.2. The molecule has 0 unspecified atom stereocenters. The van der Waals surface area contributed by atoms with Crippen molar-refractivity contribution in [3.63, 3.8) is 0 Å². The van der Waals surface area contributed by atoms with Crippen LogP contribution in [0.1, 0.15) is 43.6 Å². The number of carbonyl (C=O) groups is 2. The first kappa shape index (κ1) is 34.3. The van der Waals surface area contributed by atoms with Gasteiger partial charge in [-0.15, -0.1) is 0 Å². The molecule has 2 aromatic rings. The van der Waals surface area contributed by atoms with Crippen LogP contribution in [0.5, 0.6) is 5.75 Å². The zero-order chi connectivity index (χ0) is 33.2. The predicted molar refractivity (Wildman–Crippen MR) is 160 cm³/mol. The normalized spacial score (nSPS) is 25.9. The van der Waals surface area contributed by atoms with E-state index in [1.807, 2.05) is 20.8 Å².